The van der Waals surface area contributed by atoms with E-state index in [4.69, 9.17) is 0 Å². The molecule has 1 aliphatic heterocycles. The summed E-state index contributed by atoms with van der Waals surface area (Å²) in [6.07, 6.45) is 2.40. The second-order valence-electron chi connectivity index (χ2n) is 7.48. The molecule has 0 radical (unpaired) electrons. The molecule has 2 aromatic heterocycles. The van der Waals surface area contributed by atoms with Gasteiger partial charge in [-0.05, 0) is 43.7 Å². The fourth-order valence-corrected chi connectivity index (χ4v) is 5.76. The third-order valence-electron chi connectivity index (χ3n) is 5.33. The first-order valence-corrected chi connectivity index (χ1v) is 12.2. The minimum absolute atomic E-state index is 0.0549. The molecule has 0 unspecified atom stereocenters. The summed E-state index contributed by atoms with van der Waals surface area (Å²) >= 11 is 1.56. The van der Waals surface area contributed by atoms with Gasteiger partial charge in [0.25, 0.3) is 5.91 Å². The number of benzene rings is 1. The Morgan fingerprint density at radius 2 is 1.87 bits per heavy atom. The van der Waals surface area contributed by atoms with Gasteiger partial charge >= 0.3 is 0 Å². The molecular formula is C21H23FN4O3S2. The van der Waals surface area contributed by atoms with Crippen LogP contribution in [0.2, 0.25) is 0 Å². The lowest BCUT2D eigenvalue weighted by Gasteiger charge is -2.22. The smallest absolute Gasteiger partial charge is 0.270 e. The normalized spacial score (nSPS) is 15.8. The van der Waals surface area contributed by atoms with E-state index in [1.165, 1.54) is 16.4 Å². The minimum atomic E-state index is -3.74. The summed E-state index contributed by atoms with van der Waals surface area (Å²) in [5, 5.41) is 2.92. The number of nitrogens with zero attached hydrogens (tertiary/aromatic N) is 4. The summed E-state index contributed by atoms with van der Waals surface area (Å²) in [5.74, 6) is -0.622. The maximum atomic E-state index is 13.2. The van der Waals surface area contributed by atoms with Gasteiger partial charge in [-0.15, -0.1) is 11.3 Å². The fourth-order valence-electron chi connectivity index (χ4n) is 3.67. The number of carbonyl (C=O) groups excluding carboxylic acids is 1. The molecule has 164 valence electrons. The van der Waals surface area contributed by atoms with Crippen molar-refractivity contribution in [1.82, 2.24) is 18.8 Å². The average molecular weight is 463 g/mol. The third kappa shape index (κ3) is 4.41. The van der Waals surface area contributed by atoms with Crippen molar-refractivity contribution in [1.29, 1.82) is 0 Å². The van der Waals surface area contributed by atoms with Gasteiger partial charge in [-0.2, -0.15) is 4.31 Å². The lowest BCUT2D eigenvalue weighted by molar-refractivity contribution is 0.0754. The van der Waals surface area contributed by atoms with Crippen molar-refractivity contribution >= 4 is 27.3 Å². The largest absolute Gasteiger partial charge is 0.346 e. The zero-order chi connectivity index (χ0) is 22.2. The number of hydrogen-bond acceptors (Lipinski definition) is 5. The molecule has 1 aromatic carbocycles. The van der Waals surface area contributed by atoms with Gasteiger partial charge in [0.15, 0.2) is 0 Å². The maximum absolute atomic E-state index is 13.2. The number of thiazole rings is 1. The summed E-state index contributed by atoms with van der Waals surface area (Å²) in [6.45, 7) is 3.18. The second kappa shape index (κ2) is 8.52. The van der Waals surface area contributed by atoms with E-state index >= 15 is 0 Å². The standard InChI is InChI=1S/C21H23FN4O3S2/c1-15-23-19(14-30-15)16-12-20(24(2)13-16)21(27)25-8-3-9-26(11-10-25)31(28,29)18-6-4-17(22)5-7-18/h4-7,12-14H,3,8-11H2,1-2H3. The summed E-state index contributed by atoms with van der Waals surface area (Å²) in [7, 11) is -1.92. The van der Waals surface area contributed by atoms with E-state index in [-0.39, 0.29) is 23.9 Å². The zero-order valence-corrected chi connectivity index (χ0v) is 18.9. The van der Waals surface area contributed by atoms with Crippen LogP contribution in [0.3, 0.4) is 0 Å². The van der Waals surface area contributed by atoms with Crippen molar-refractivity contribution < 1.29 is 17.6 Å². The zero-order valence-electron chi connectivity index (χ0n) is 17.3. The van der Waals surface area contributed by atoms with Crippen molar-refractivity contribution in [2.24, 2.45) is 7.05 Å². The SMILES string of the molecule is Cc1nc(-c2cc(C(=O)N3CCCN(S(=O)(=O)c4ccc(F)cc4)CC3)n(C)c2)cs1. The van der Waals surface area contributed by atoms with Crippen LogP contribution in [0, 0.1) is 12.7 Å². The number of sulfonamides is 1. The maximum Gasteiger partial charge on any atom is 0.270 e. The molecule has 10 heteroatoms. The van der Waals surface area contributed by atoms with Crippen molar-refractivity contribution in [3.63, 3.8) is 0 Å². The quantitative estimate of drug-likeness (QED) is 0.597. The second-order valence-corrected chi connectivity index (χ2v) is 10.5. The number of carbonyl (C=O) groups is 1. The molecule has 0 saturated carbocycles. The first-order valence-electron chi connectivity index (χ1n) is 9.89. The first-order chi connectivity index (χ1) is 14.8. The Morgan fingerprint density at radius 3 is 2.55 bits per heavy atom. The van der Waals surface area contributed by atoms with Gasteiger partial charge in [-0.1, -0.05) is 0 Å². The van der Waals surface area contributed by atoms with Crippen LogP contribution in [0.5, 0.6) is 0 Å². The summed E-state index contributed by atoms with van der Waals surface area (Å²) in [4.78, 5) is 19.4. The van der Waals surface area contributed by atoms with Crippen LogP contribution >= 0.6 is 11.3 Å². The lowest BCUT2D eigenvalue weighted by Crippen LogP contribution is -2.37. The predicted molar refractivity (Wildman–Crippen MR) is 117 cm³/mol. The number of rotatable bonds is 4. The summed E-state index contributed by atoms with van der Waals surface area (Å²) in [5.41, 5.74) is 2.26. The van der Waals surface area contributed by atoms with Crippen molar-refractivity contribution in [3.05, 3.63) is 58.4 Å². The van der Waals surface area contributed by atoms with Crippen LogP contribution in [0.25, 0.3) is 11.3 Å². The molecule has 0 spiro atoms. The molecule has 3 heterocycles. The molecule has 1 aliphatic rings. The first kappa shape index (κ1) is 21.7. The number of hydrogen-bond donors (Lipinski definition) is 0. The van der Waals surface area contributed by atoms with Crippen LogP contribution in [0.15, 0.2) is 46.8 Å². The highest BCUT2D eigenvalue weighted by atomic mass is 32.2. The molecule has 3 aromatic rings. The number of aromatic nitrogens is 2. The van der Waals surface area contributed by atoms with Crippen molar-refractivity contribution in [3.8, 4) is 11.3 Å². The molecule has 0 N–H and O–H groups in total. The highest BCUT2D eigenvalue weighted by Crippen LogP contribution is 2.25. The molecule has 1 saturated heterocycles. The van der Waals surface area contributed by atoms with Gasteiger partial charge in [0, 0.05) is 50.4 Å². The monoisotopic (exact) mass is 462 g/mol. The fraction of sp³-hybridized carbons (Fsp3) is 0.333. The molecule has 4 rings (SSSR count). The van der Waals surface area contributed by atoms with Gasteiger partial charge in [-0.25, -0.2) is 17.8 Å². The molecule has 1 fully saturated rings. The Morgan fingerprint density at radius 1 is 1.13 bits per heavy atom. The molecule has 1 amide bonds. The van der Waals surface area contributed by atoms with Crippen molar-refractivity contribution in [2.45, 2.75) is 18.2 Å². The van der Waals surface area contributed by atoms with E-state index in [0.29, 0.717) is 25.2 Å². The molecule has 0 bridgehead atoms. The Bertz CT molecular complexity index is 1200. The summed E-state index contributed by atoms with van der Waals surface area (Å²) < 4.78 is 42.1. The Kier molecular flexibility index (Phi) is 5.96. The number of halogens is 1. The highest BCUT2D eigenvalue weighted by Gasteiger charge is 2.29. The number of amides is 1. The van der Waals surface area contributed by atoms with Crippen LogP contribution in [-0.2, 0) is 17.1 Å². The van der Waals surface area contributed by atoms with E-state index in [1.54, 1.807) is 20.8 Å². The number of aryl methyl sites for hydroxylation is 2. The Balaban J connectivity index is 1.49. The minimum Gasteiger partial charge on any atom is -0.346 e. The summed E-state index contributed by atoms with van der Waals surface area (Å²) in [6, 6.07) is 6.64. The Hall–Kier alpha value is -2.56. The van der Waals surface area contributed by atoms with Gasteiger partial charge in [0.05, 0.1) is 15.6 Å². The van der Waals surface area contributed by atoms with Gasteiger partial charge < -0.3 is 9.47 Å². The molecular weight excluding hydrogens is 439 g/mol. The lowest BCUT2D eigenvalue weighted by atomic mass is 10.2. The topological polar surface area (TPSA) is 75.5 Å². The predicted octanol–water partition coefficient (Wildman–Crippen LogP) is 3.13. The van der Waals surface area contributed by atoms with E-state index in [0.717, 1.165) is 28.4 Å². The molecule has 31 heavy (non-hydrogen) atoms. The van der Waals surface area contributed by atoms with Crippen LogP contribution in [0.4, 0.5) is 4.39 Å². The Labute approximate surface area is 184 Å². The molecule has 7 nitrogen and oxygen atoms in total. The van der Waals surface area contributed by atoms with Gasteiger partial charge in [0.1, 0.15) is 11.5 Å². The molecule has 0 atom stereocenters. The van der Waals surface area contributed by atoms with E-state index in [2.05, 4.69) is 4.98 Å². The van der Waals surface area contributed by atoms with Gasteiger partial charge in [-0.3, -0.25) is 4.79 Å². The van der Waals surface area contributed by atoms with Crippen LogP contribution in [-0.4, -0.2) is 59.3 Å². The molecule has 0 aliphatic carbocycles. The van der Waals surface area contributed by atoms with Crippen LogP contribution in [0.1, 0.15) is 21.9 Å². The van der Waals surface area contributed by atoms with E-state index in [1.807, 2.05) is 31.6 Å². The highest BCUT2D eigenvalue weighted by molar-refractivity contribution is 7.89. The van der Waals surface area contributed by atoms with E-state index < -0.39 is 15.8 Å². The average Bonchev–Trinajstić information content (AvgIpc) is 3.24. The van der Waals surface area contributed by atoms with Crippen LogP contribution < -0.4 is 0 Å². The van der Waals surface area contributed by atoms with Crippen molar-refractivity contribution in [2.75, 3.05) is 26.2 Å². The third-order valence-corrected chi connectivity index (χ3v) is 8.02. The van der Waals surface area contributed by atoms with E-state index in [9.17, 15) is 17.6 Å². The van der Waals surface area contributed by atoms with Gasteiger partial charge in [0.2, 0.25) is 10.0 Å².